The summed E-state index contributed by atoms with van der Waals surface area (Å²) in [4.78, 5) is 37.0. The van der Waals surface area contributed by atoms with Crippen LogP contribution in [0.4, 0.5) is 0 Å². The van der Waals surface area contributed by atoms with Gasteiger partial charge in [0.15, 0.2) is 6.73 Å². The second-order valence-corrected chi connectivity index (χ2v) is 8.03. The van der Waals surface area contributed by atoms with Crippen LogP contribution in [0.2, 0.25) is 0 Å². The Hall–Kier alpha value is -3.55. The van der Waals surface area contributed by atoms with Crippen LogP contribution in [-0.2, 0) is 21.7 Å². The van der Waals surface area contributed by atoms with E-state index in [0.29, 0.717) is 16.5 Å². The molecule has 0 aliphatic carbocycles. The smallest absolute Gasteiger partial charge is 0.330 e. The molecule has 0 radical (unpaired) electrons. The van der Waals surface area contributed by atoms with Crippen molar-refractivity contribution >= 4 is 22.8 Å². The SMILES string of the molecule is C[C@H](NC(=O)c1ccc(C(C)(C)C)cc1)C(=O)OCn1nnc2ccccc2c1=O. The number of hydrogen-bond donors (Lipinski definition) is 1. The van der Waals surface area contributed by atoms with Crippen LogP contribution in [0.1, 0.15) is 43.6 Å². The molecule has 1 heterocycles. The molecule has 0 unspecified atom stereocenters. The molecule has 0 saturated carbocycles. The third kappa shape index (κ3) is 4.71. The number of carbonyl (C=O) groups is 2. The van der Waals surface area contributed by atoms with Gasteiger partial charge in [0.1, 0.15) is 11.6 Å². The Labute approximate surface area is 173 Å². The second kappa shape index (κ2) is 8.44. The molecule has 0 aliphatic rings. The fraction of sp³-hybridized carbons (Fsp3) is 0.318. The summed E-state index contributed by atoms with van der Waals surface area (Å²) in [5.74, 6) is -1.07. The third-order valence-electron chi connectivity index (χ3n) is 4.67. The lowest BCUT2D eigenvalue weighted by molar-refractivity contribution is -0.150. The van der Waals surface area contributed by atoms with Crippen molar-refractivity contribution < 1.29 is 14.3 Å². The molecular formula is C22H24N4O4. The van der Waals surface area contributed by atoms with Gasteiger partial charge in [0.05, 0.1) is 5.39 Å². The summed E-state index contributed by atoms with van der Waals surface area (Å²) in [6.45, 7) is 7.39. The molecule has 1 atom stereocenters. The van der Waals surface area contributed by atoms with Crippen LogP contribution in [0.5, 0.6) is 0 Å². The predicted molar refractivity (Wildman–Crippen MR) is 112 cm³/mol. The van der Waals surface area contributed by atoms with Gasteiger partial charge in [-0.25, -0.2) is 4.79 Å². The Morgan fingerprint density at radius 2 is 1.77 bits per heavy atom. The Balaban J connectivity index is 1.60. The molecule has 0 fully saturated rings. The van der Waals surface area contributed by atoms with Crippen molar-refractivity contribution in [3.8, 4) is 0 Å². The van der Waals surface area contributed by atoms with Gasteiger partial charge in [-0.15, -0.1) is 5.10 Å². The molecule has 0 saturated heterocycles. The molecule has 0 spiro atoms. The maximum atomic E-state index is 12.4. The van der Waals surface area contributed by atoms with Crippen molar-refractivity contribution in [3.05, 3.63) is 70.0 Å². The largest absolute Gasteiger partial charge is 0.441 e. The highest BCUT2D eigenvalue weighted by Gasteiger charge is 2.20. The number of benzene rings is 2. The summed E-state index contributed by atoms with van der Waals surface area (Å²) in [5.41, 5.74) is 1.58. The van der Waals surface area contributed by atoms with Crippen LogP contribution < -0.4 is 10.9 Å². The third-order valence-corrected chi connectivity index (χ3v) is 4.67. The number of aromatic nitrogens is 3. The molecule has 2 aromatic carbocycles. The zero-order valence-corrected chi connectivity index (χ0v) is 17.4. The maximum absolute atomic E-state index is 12.4. The number of nitrogens with one attached hydrogen (secondary N) is 1. The van der Waals surface area contributed by atoms with Crippen molar-refractivity contribution in [2.24, 2.45) is 0 Å². The minimum absolute atomic E-state index is 0.0180. The van der Waals surface area contributed by atoms with E-state index in [0.717, 1.165) is 10.2 Å². The van der Waals surface area contributed by atoms with Crippen LogP contribution in [-0.4, -0.2) is 32.9 Å². The van der Waals surface area contributed by atoms with Crippen LogP contribution in [0.15, 0.2) is 53.3 Å². The van der Waals surface area contributed by atoms with Crippen LogP contribution >= 0.6 is 0 Å². The minimum Gasteiger partial charge on any atom is -0.441 e. The van der Waals surface area contributed by atoms with Crippen molar-refractivity contribution in [1.29, 1.82) is 0 Å². The first-order chi connectivity index (χ1) is 14.2. The summed E-state index contributed by atoms with van der Waals surface area (Å²) in [6.07, 6.45) is 0. The molecule has 1 amide bonds. The maximum Gasteiger partial charge on any atom is 0.330 e. The lowest BCUT2D eigenvalue weighted by Gasteiger charge is -2.19. The molecule has 30 heavy (non-hydrogen) atoms. The highest BCUT2D eigenvalue weighted by molar-refractivity contribution is 5.96. The molecule has 1 aromatic heterocycles. The van der Waals surface area contributed by atoms with E-state index in [9.17, 15) is 14.4 Å². The lowest BCUT2D eigenvalue weighted by atomic mass is 9.86. The molecule has 8 heteroatoms. The van der Waals surface area contributed by atoms with Crippen LogP contribution in [0.25, 0.3) is 10.9 Å². The van der Waals surface area contributed by atoms with E-state index in [4.69, 9.17) is 4.74 Å². The van der Waals surface area contributed by atoms with E-state index in [1.807, 2.05) is 12.1 Å². The zero-order chi connectivity index (χ0) is 21.9. The predicted octanol–water partition coefficient (Wildman–Crippen LogP) is 2.41. The van der Waals surface area contributed by atoms with E-state index >= 15 is 0 Å². The average molecular weight is 408 g/mol. The van der Waals surface area contributed by atoms with Crippen LogP contribution in [0.3, 0.4) is 0 Å². The fourth-order valence-corrected chi connectivity index (χ4v) is 2.82. The van der Waals surface area contributed by atoms with E-state index in [1.54, 1.807) is 36.4 Å². The summed E-state index contributed by atoms with van der Waals surface area (Å²) in [7, 11) is 0. The van der Waals surface area contributed by atoms with E-state index < -0.39 is 24.3 Å². The highest BCUT2D eigenvalue weighted by atomic mass is 16.5. The standard InChI is InChI=1S/C22H24N4O4/c1-14(23-19(27)15-9-11-16(12-10-15)22(2,3)4)21(29)30-13-26-20(28)17-7-5-6-8-18(17)24-25-26/h5-12,14H,13H2,1-4H3,(H,23,27)/t14-/m0/s1. The first kappa shape index (κ1) is 21.2. The molecule has 0 bridgehead atoms. The van der Waals surface area contributed by atoms with Gasteiger partial charge in [-0.2, -0.15) is 4.68 Å². The molecule has 3 rings (SSSR count). The van der Waals surface area contributed by atoms with Crippen molar-refractivity contribution in [3.63, 3.8) is 0 Å². The van der Waals surface area contributed by atoms with Gasteiger partial charge in [0, 0.05) is 5.56 Å². The quantitative estimate of drug-likeness (QED) is 0.651. The van der Waals surface area contributed by atoms with Gasteiger partial charge >= 0.3 is 5.97 Å². The number of carbonyl (C=O) groups excluding carboxylic acids is 2. The lowest BCUT2D eigenvalue weighted by Crippen LogP contribution is -2.40. The van der Waals surface area contributed by atoms with Gasteiger partial charge in [0.25, 0.3) is 11.5 Å². The minimum atomic E-state index is -0.899. The molecule has 1 N–H and O–H groups in total. The van der Waals surface area contributed by atoms with Gasteiger partial charge in [0.2, 0.25) is 0 Å². The van der Waals surface area contributed by atoms with Crippen molar-refractivity contribution in [1.82, 2.24) is 20.3 Å². The van der Waals surface area contributed by atoms with Gasteiger partial charge in [-0.3, -0.25) is 9.59 Å². The molecular weight excluding hydrogens is 384 g/mol. The molecule has 0 aliphatic heterocycles. The van der Waals surface area contributed by atoms with Gasteiger partial charge < -0.3 is 10.1 Å². The summed E-state index contributed by atoms with van der Waals surface area (Å²) >= 11 is 0. The number of fused-ring (bicyclic) bond motifs is 1. The second-order valence-electron chi connectivity index (χ2n) is 8.03. The normalized spacial score (nSPS) is 12.4. The average Bonchev–Trinajstić information content (AvgIpc) is 2.72. The monoisotopic (exact) mass is 408 g/mol. The van der Waals surface area contributed by atoms with E-state index in [2.05, 4.69) is 36.4 Å². The first-order valence-corrected chi connectivity index (χ1v) is 9.57. The summed E-state index contributed by atoms with van der Waals surface area (Å²) in [5, 5.41) is 10.7. The Morgan fingerprint density at radius 1 is 1.10 bits per heavy atom. The van der Waals surface area contributed by atoms with E-state index in [-0.39, 0.29) is 11.3 Å². The van der Waals surface area contributed by atoms with Gasteiger partial charge in [-0.1, -0.05) is 50.3 Å². The summed E-state index contributed by atoms with van der Waals surface area (Å²) < 4.78 is 6.09. The molecule has 156 valence electrons. The molecule has 8 nitrogen and oxygen atoms in total. The number of hydrogen-bond acceptors (Lipinski definition) is 6. The number of esters is 1. The Morgan fingerprint density at radius 3 is 2.43 bits per heavy atom. The van der Waals surface area contributed by atoms with Crippen LogP contribution in [0, 0.1) is 0 Å². The zero-order valence-electron chi connectivity index (χ0n) is 17.4. The topological polar surface area (TPSA) is 103 Å². The highest BCUT2D eigenvalue weighted by Crippen LogP contribution is 2.22. The molecule has 3 aromatic rings. The first-order valence-electron chi connectivity index (χ1n) is 9.57. The number of ether oxygens (including phenoxy) is 1. The number of amides is 1. The van der Waals surface area contributed by atoms with Crippen molar-refractivity contribution in [2.75, 3.05) is 0 Å². The summed E-state index contributed by atoms with van der Waals surface area (Å²) in [6, 6.07) is 13.1. The number of nitrogens with zero attached hydrogens (tertiary/aromatic N) is 3. The Kier molecular flexibility index (Phi) is 5.96. The number of rotatable bonds is 5. The van der Waals surface area contributed by atoms with Crippen molar-refractivity contribution in [2.45, 2.75) is 45.9 Å². The fourth-order valence-electron chi connectivity index (χ4n) is 2.82. The van der Waals surface area contributed by atoms with E-state index in [1.165, 1.54) is 6.92 Å². The van der Waals surface area contributed by atoms with Gasteiger partial charge in [-0.05, 0) is 42.2 Å². The Bertz CT molecular complexity index is 1130.